The lowest BCUT2D eigenvalue weighted by Gasteiger charge is -2.25. The second-order valence-corrected chi connectivity index (χ2v) is 4.55. The van der Waals surface area contributed by atoms with Crippen LogP contribution in [0.15, 0.2) is 40.5 Å². The van der Waals surface area contributed by atoms with Gasteiger partial charge >= 0.3 is 5.97 Å². The summed E-state index contributed by atoms with van der Waals surface area (Å²) >= 11 is 0. The van der Waals surface area contributed by atoms with Crippen LogP contribution in [0.3, 0.4) is 0 Å². The van der Waals surface area contributed by atoms with Crippen LogP contribution in [0.5, 0.6) is 5.75 Å². The molecule has 0 unspecified atom stereocenters. The van der Waals surface area contributed by atoms with Gasteiger partial charge in [-0.05, 0) is 24.6 Å². The molecule has 1 heterocycles. The van der Waals surface area contributed by atoms with Crippen molar-refractivity contribution in [1.29, 1.82) is 5.26 Å². The van der Waals surface area contributed by atoms with Gasteiger partial charge in [-0.25, -0.2) is 9.79 Å². The van der Waals surface area contributed by atoms with Gasteiger partial charge in [-0.2, -0.15) is 5.26 Å². The summed E-state index contributed by atoms with van der Waals surface area (Å²) in [7, 11) is 2.90. The molecule has 0 saturated heterocycles. The minimum Gasteiger partial charge on any atom is -0.497 e. The number of ether oxygens (including phenoxy) is 2. The molecule has 7 heteroatoms. The predicted octanol–water partition coefficient (Wildman–Crippen LogP) is 1.21. The minimum atomic E-state index is -0.560. The first kappa shape index (κ1) is 15.4. The van der Waals surface area contributed by atoms with Gasteiger partial charge in [-0.3, -0.25) is 5.32 Å². The van der Waals surface area contributed by atoms with Gasteiger partial charge in [-0.1, -0.05) is 12.1 Å². The molecule has 1 aliphatic rings. The van der Waals surface area contributed by atoms with Crippen LogP contribution in [0.2, 0.25) is 0 Å². The Bertz CT molecular complexity index is 671. The average Bonchev–Trinajstić information content (AvgIpc) is 2.54. The molecule has 2 rings (SSSR count). The second kappa shape index (κ2) is 6.63. The van der Waals surface area contributed by atoms with Gasteiger partial charge in [0.15, 0.2) is 6.19 Å². The summed E-state index contributed by atoms with van der Waals surface area (Å²) in [5, 5.41) is 14.1. The van der Waals surface area contributed by atoms with Crippen molar-refractivity contribution in [2.45, 2.75) is 13.0 Å². The smallest absolute Gasteiger partial charge is 0.338 e. The van der Waals surface area contributed by atoms with Crippen molar-refractivity contribution in [2.24, 2.45) is 4.99 Å². The number of benzene rings is 1. The summed E-state index contributed by atoms with van der Waals surface area (Å²) in [4.78, 5) is 16.4. The lowest BCUT2D eigenvalue weighted by atomic mass is 9.96. The summed E-state index contributed by atoms with van der Waals surface area (Å²) in [6.07, 6.45) is 1.80. The van der Waals surface area contributed by atoms with Gasteiger partial charge in [0.05, 0.1) is 19.8 Å². The van der Waals surface area contributed by atoms with Gasteiger partial charge < -0.3 is 14.8 Å². The van der Waals surface area contributed by atoms with Crippen LogP contribution < -0.4 is 15.4 Å². The molecule has 0 aliphatic carbocycles. The van der Waals surface area contributed by atoms with Gasteiger partial charge in [0.25, 0.3) is 0 Å². The zero-order valence-corrected chi connectivity index (χ0v) is 12.5. The molecule has 2 N–H and O–H groups in total. The van der Waals surface area contributed by atoms with Crippen LogP contribution in [0.1, 0.15) is 18.5 Å². The fourth-order valence-corrected chi connectivity index (χ4v) is 2.19. The zero-order valence-electron chi connectivity index (χ0n) is 12.5. The molecule has 7 nitrogen and oxygen atoms in total. The molecule has 0 amide bonds. The first-order chi connectivity index (χ1) is 10.6. The Balaban J connectivity index is 2.46. The van der Waals surface area contributed by atoms with E-state index in [1.54, 1.807) is 32.4 Å². The summed E-state index contributed by atoms with van der Waals surface area (Å²) in [5.41, 5.74) is 1.77. The molecule has 0 radical (unpaired) electrons. The fraction of sp³-hybridized carbons (Fsp3) is 0.267. The Labute approximate surface area is 128 Å². The van der Waals surface area contributed by atoms with Crippen molar-refractivity contribution in [1.82, 2.24) is 10.6 Å². The molecule has 0 bridgehead atoms. The SMILES string of the molecule is COC(=O)C1=C(C)NC(NC#N)=N[C@@H]1c1ccc(OC)cc1. The maximum Gasteiger partial charge on any atom is 0.338 e. The molecule has 114 valence electrons. The van der Waals surface area contributed by atoms with Crippen LogP contribution in [-0.4, -0.2) is 26.1 Å². The Morgan fingerprint density at radius 2 is 2.05 bits per heavy atom. The van der Waals surface area contributed by atoms with E-state index in [4.69, 9.17) is 14.7 Å². The standard InChI is InChI=1S/C15H16N4O3/c1-9-12(14(20)22-3)13(19-15(18-9)17-8-16)10-4-6-11(21-2)7-5-10/h4-7,13H,1-3H3,(H2,17,18,19)/t13-/m1/s1. The predicted molar refractivity (Wildman–Crippen MR) is 79.8 cm³/mol. The highest BCUT2D eigenvalue weighted by molar-refractivity contribution is 5.95. The van der Waals surface area contributed by atoms with Crippen LogP contribution >= 0.6 is 0 Å². The number of esters is 1. The molecular formula is C15H16N4O3. The maximum atomic E-state index is 12.0. The number of carbonyl (C=O) groups excluding carboxylic acids is 1. The largest absolute Gasteiger partial charge is 0.497 e. The minimum absolute atomic E-state index is 0.286. The van der Waals surface area contributed by atoms with Crippen LogP contribution in [-0.2, 0) is 9.53 Å². The Kier molecular flexibility index (Phi) is 4.63. The summed E-state index contributed by atoms with van der Waals surface area (Å²) in [6.45, 7) is 1.73. The van der Waals surface area contributed by atoms with E-state index >= 15 is 0 Å². The molecule has 1 atom stereocenters. The van der Waals surface area contributed by atoms with Crippen molar-refractivity contribution in [3.8, 4) is 11.9 Å². The van der Waals surface area contributed by atoms with E-state index in [9.17, 15) is 4.79 Å². The molecular weight excluding hydrogens is 284 g/mol. The molecule has 0 fully saturated rings. The van der Waals surface area contributed by atoms with E-state index in [2.05, 4.69) is 15.6 Å². The van der Waals surface area contributed by atoms with E-state index in [0.29, 0.717) is 17.0 Å². The summed E-state index contributed by atoms with van der Waals surface area (Å²) < 4.78 is 9.96. The van der Waals surface area contributed by atoms with Crippen molar-refractivity contribution in [2.75, 3.05) is 14.2 Å². The summed E-state index contributed by atoms with van der Waals surface area (Å²) in [5.74, 6) is 0.524. The number of allylic oxidation sites excluding steroid dienone is 1. The number of hydrogen-bond acceptors (Lipinski definition) is 7. The van der Waals surface area contributed by atoms with Crippen molar-refractivity contribution in [3.05, 3.63) is 41.1 Å². The van der Waals surface area contributed by atoms with Crippen LogP contribution in [0.25, 0.3) is 0 Å². The molecule has 0 saturated carbocycles. The highest BCUT2D eigenvalue weighted by atomic mass is 16.5. The third-order valence-corrected chi connectivity index (χ3v) is 3.25. The van der Waals surface area contributed by atoms with Gasteiger partial charge in [0, 0.05) is 5.70 Å². The average molecular weight is 300 g/mol. The van der Waals surface area contributed by atoms with Gasteiger partial charge in [-0.15, -0.1) is 0 Å². The number of nitrogens with one attached hydrogen (secondary N) is 2. The Morgan fingerprint density at radius 1 is 1.36 bits per heavy atom. The van der Waals surface area contributed by atoms with E-state index in [0.717, 1.165) is 5.56 Å². The fourth-order valence-electron chi connectivity index (χ4n) is 2.19. The van der Waals surface area contributed by atoms with Crippen LogP contribution in [0, 0.1) is 11.5 Å². The van der Waals surface area contributed by atoms with Crippen LogP contribution in [0.4, 0.5) is 0 Å². The number of aliphatic imine (C=N–C) groups is 1. The molecule has 1 aromatic rings. The third-order valence-electron chi connectivity index (χ3n) is 3.25. The Hall–Kier alpha value is -3.01. The quantitative estimate of drug-likeness (QED) is 0.495. The second-order valence-electron chi connectivity index (χ2n) is 4.55. The molecule has 1 aliphatic heterocycles. The molecule has 1 aromatic carbocycles. The monoisotopic (exact) mass is 300 g/mol. The van der Waals surface area contributed by atoms with Gasteiger partial charge in [0.2, 0.25) is 5.96 Å². The normalized spacial score (nSPS) is 17.0. The lowest BCUT2D eigenvalue weighted by Crippen LogP contribution is -2.39. The topological polar surface area (TPSA) is 95.7 Å². The van der Waals surface area contributed by atoms with Crippen molar-refractivity contribution >= 4 is 11.9 Å². The highest BCUT2D eigenvalue weighted by Crippen LogP contribution is 2.31. The van der Waals surface area contributed by atoms with Crippen molar-refractivity contribution in [3.63, 3.8) is 0 Å². The lowest BCUT2D eigenvalue weighted by molar-refractivity contribution is -0.136. The number of nitrogens with zero attached hydrogens (tertiary/aromatic N) is 2. The van der Waals surface area contributed by atoms with E-state index in [-0.39, 0.29) is 5.96 Å². The first-order valence-electron chi connectivity index (χ1n) is 6.53. The highest BCUT2D eigenvalue weighted by Gasteiger charge is 2.29. The number of rotatable bonds is 3. The van der Waals surface area contributed by atoms with Crippen molar-refractivity contribution < 1.29 is 14.3 Å². The maximum absolute atomic E-state index is 12.0. The zero-order chi connectivity index (χ0) is 16.1. The molecule has 0 spiro atoms. The number of hydrogen-bond donors (Lipinski definition) is 2. The van der Waals surface area contributed by atoms with E-state index < -0.39 is 12.0 Å². The number of methoxy groups -OCH3 is 2. The van der Waals surface area contributed by atoms with E-state index in [1.165, 1.54) is 7.11 Å². The number of nitriles is 1. The van der Waals surface area contributed by atoms with E-state index in [1.807, 2.05) is 12.1 Å². The number of carbonyl (C=O) groups is 1. The molecule has 0 aromatic heterocycles. The third kappa shape index (κ3) is 3.01. The first-order valence-corrected chi connectivity index (χ1v) is 6.53. The summed E-state index contributed by atoms with van der Waals surface area (Å²) in [6, 6.07) is 6.65. The van der Waals surface area contributed by atoms with Gasteiger partial charge in [0.1, 0.15) is 11.8 Å². The number of guanidine groups is 1. The molecule has 22 heavy (non-hydrogen) atoms. The Morgan fingerprint density at radius 3 is 2.59 bits per heavy atom.